The van der Waals surface area contributed by atoms with Gasteiger partial charge in [-0.05, 0) is 36.4 Å². The Morgan fingerprint density at radius 3 is 2.58 bits per heavy atom. The van der Waals surface area contributed by atoms with Crippen LogP contribution in [0, 0.1) is 0 Å². The highest BCUT2D eigenvalue weighted by Gasteiger charge is 2.09. The Morgan fingerprint density at radius 1 is 1.21 bits per heavy atom. The minimum Gasteiger partial charge on any atom is -0.490 e. The van der Waals surface area contributed by atoms with Gasteiger partial charge in [0.2, 0.25) is 0 Å². The van der Waals surface area contributed by atoms with Gasteiger partial charge in [-0.1, -0.05) is 11.6 Å². The third-order valence-electron chi connectivity index (χ3n) is 2.55. The molecule has 0 atom stereocenters. The van der Waals surface area contributed by atoms with Crippen molar-refractivity contribution in [3.63, 3.8) is 0 Å². The molecule has 0 saturated carbocycles. The van der Waals surface area contributed by atoms with Crippen molar-refractivity contribution in [2.75, 3.05) is 13.2 Å². The summed E-state index contributed by atoms with van der Waals surface area (Å²) < 4.78 is 12.2. The second kappa shape index (κ2) is 6.29. The van der Waals surface area contributed by atoms with E-state index < -0.39 is 0 Å². The predicted molar refractivity (Wildman–Crippen MR) is 72.6 cm³/mol. The minimum absolute atomic E-state index is 0.201. The number of nitrogens with zero attached hydrogens (tertiary/aromatic N) is 1. The van der Waals surface area contributed by atoms with Gasteiger partial charge < -0.3 is 14.0 Å². The first-order valence-electron chi connectivity index (χ1n) is 5.83. The summed E-state index contributed by atoms with van der Waals surface area (Å²) in [5.41, 5.74) is 0.520. The molecule has 1 heterocycles. The van der Waals surface area contributed by atoms with Crippen molar-refractivity contribution in [2.45, 2.75) is 0 Å². The van der Waals surface area contributed by atoms with E-state index in [4.69, 9.17) is 21.1 Å². The van der Waals surface area contributed by atoms with Gasteiger partial charge in [-0.3, -0.25) is 0 Å². The molecule has 0 unspecified atom stereocenters. The van der Waals surface area contributed by atoms with Crippen molar-refractivity contribution in [2.24, 2.45) is 7.05 Å². The third-order valence-corrected chi connectivity index (χ3v) is 2.80. The summed E-state index contributed by atoms with van der Waals surface area (Å²) in [6.07, 6.45) is 1.79. The van der Waals surface area contributed by atoms with Gasteiger partial charge in [0.1, 0.15) is 24.7 Å². The molecule has 0 N–H and O–H groups in total. The number of benzene rings is 1. The van der Waals surface area contributed by atoms with E-state index in [0.717, 1.165) is 0 Å². The van der Waals surface area contributed by atoms with Crippen LogP contribution in [0.5, 0.6) is 5.75 Å². The fourth-order valence-electron chi connectivity index (χ4n) is 1.57. The molecule has 0 spiro atoms. The Balaban J connectivity index is 1.74. The lowest BCUT2D eigenvalue weighted by atomic mass is 10.3. The maximum Gasteiger partial charge on any atom is 0.355 e. The van der Waals surface area contributed by atoms with Crippen LogP contribution in [0.4, 0.5) is 0 Å². The fraction of sp³-hybridized carbons (Fsp3) is 0.214. The first-order chi connectivity index (χ1) is 9.16. The third kappa shape index (κ3) is 3.76. The van der Waals surface area contributed by atoms with Gasteiger partial charge in [-0.2, -0.15) is 0 Å². The van der Waals surface area contributed by atoms with Crippen LogP contribution in [0.1, 0.15) is 10.5 Å². The monoisotopic (exact) mass is 279 g/mol. The molecule has 19 heavy (non-hydrogen) atoms. The molecule has 0 aliphatic heterocycles. The Hall–Kier alpha value is -1.94. The van der Waals surface area contributed by atoms with E-state index in [1.54, 1.807) is 54.2 Å². The summed E-state index contributed by atoms with van der Waals surface area (Å²) in [5, 5.41) is 0.655. The zero-order valence-electron chi connectivity index (χ0n) is 10.5. The first kappa shape index (κ1) is 13.5. The highest BCUT2D eigenvalue weighted by atomic mass is 35.5. The molecule has 0 bridgehead atoms. The summed E-state index contributed by atoms with van der Waals surface area (Å²) in [4.78, 5) is 11.7. The van der Waals surface area contributed by atoms with Gasteiger partial charge in [0, 0.05) is 18.3 Å². The molecule has 0 aliphatic carbocycles. The number of carbonyl (C=O) groups is 1. The fourth-order valence-corrected chi connectivity index (χ4v) is 1.70. The van der Waals surface area contributed by atoms with E-state index in [0.29, 0.717) is 23.1 Å². The molecule has 100 valence electrons. The van der Waals surface area contributed by atoms with Crippen molar-refractivity contribution in [3.05, 3.63) is 53.3 Å². The van der Waals surface area contributed by atoms with Crippen LogP contribution in [0.15, 0.2) is 42.6 Å². The number of hydrogen-bond acceptors (Lipinski definition) is 3. The number of ether oxygens (including phenoxy) is 2. The standard InChI is InChI=1S/C14H14ClNO3/c1-16-8-2-3-13(16)14(17)19-10-9-18-12-6-4-11(15)5-7-12/h2-8H,9-10H2,1H3. The number of hydrogen-bond donors (Lipinski definition) is 0. The Labute approximate surface area is 116 Å². The summed E-state index contributed by atoms with van der Waals surface area (Å²) in [5.74, 6) is 0.339. The SMILES string of the molecule is Cn1cccc1C(=O)OCCOc1ccc(Cl)cc1. The second-order valence-corrected chi connectivity index (χ2v) is 4.38. The number of halogens is 1. The minimum atomic E-state index is -0.354. The van der Waals surface area contributed by atoms with Crippen molar-refractivity contribution in [1.29, 1.82) is 0 Å². The highest BCUT2D eigenvalue weighted by molar-refractivity contribution is 6.30. The van der Waals surface area contributed by atoms with Crippen molar-refractivity contribution in [1.82, 2.24) is 4.57 Å². The summed E-state index contributed by atoms with van der Waals surface area (Å²) in [6, 6.07) is 10.5. The summed E-state index contributed by atoms with van der Waals surface area (Å²) >= 11 is 5.76. The van der Waals surface area contributed by atoms with Crippen LogP contribution in [0.25, 0.3) is 0 Å². The van der Waals surface area contributed by atoms with Crippen LogP contribution in [0.3, 0.4) is 0 Å². The number of rotatable bonds is 5. The Bertz CT molecular complexity index is 548. The van der Waals surface area contributed by atoms with Crippen molar-refractivity contribution < 1.29 is 14.3 Å². The quantitative estimate of drug-likeness (QED) is 0.624. The first-order valence-corrected chi connectivity index (χ1v) is 6.21. The van der Waals surface area contributed by atoms with Gasteiger partial charge in [-0.25, -0.2) is 4.79 Å². The van der Waals surface area contributed by atoms with Crippen molar-refractivity contribution in [3.8, 4) is 5.75 Å². The molecule has 1 aromatic carbocycles. The van der Waals surface area contributed by atoms with E-state index >= 15 is 0 Å². The average molecular weight is 280 g/mol. The van der Waals surface area contributed by atoms with Gasteiger partial charge in [0.25, 0.3) is 0 Å². The van der Waals surface area contributed by atoms with Crippen LogP contribution < -0.4 is 4.74 Å². The average Bonchev–Trinajstić information content (AvgIpc) is 2.83. The maximum atomic E-state index is 11.7. The van der Waals surface area contributed by atoms with E-state index in [-0.39, 0.29) is 12.6 Å². The molecule has 4 nitrogen and oxygen atoms in total. The molecular formula is C14H14ClNO3. The molecule has 0 saturated heterocycles. The van der Waals surface area contributed by atoms with Crippen LogP contribution in [0.2, 0.25) is 5.02 Å². The summed E-state index contributed by atoms with van der Waals surface area (Å²) in [6.45, 7) is 0.504. The van der Waals surface area contributed by atoms with Crippen molar-refractivity contribution >= 4 is 17.6 Å². The lowest BCUT2D eigenvalue weighted by Gasteiger charge is -2.07. The van der Waals surface area contributed by atoms with Gasteiger partial charge >= 0.3 is 5.97 Å². The lowest BCUT2D eigenvalue weighted by Crippen LogP contribution is -2.14. The van der Waals surface area contributed by atoms with Crippen LogP contribution in [-0.2, 0) is 11.8 Å². The van der Waals surface area contributed by atoms with Crippen LogP contribution >= 0.6 is 11.6 Å². The molecule has 0 fully saturated rings. The lowest BCUT2D eigenvalue weighted by molar-refractivity contribution is 0.0439. The second-order valence-electron chi connectivity index (χ2n) is 3.94. The number of aromatic nitrogens is 1. The Morgan fingerprint density at radius 2 is 1.95 bits per heavy atom. The highest BCUT2D eigenvalue weighted by Crippen LogP contribution is 2.15. The summed E-state index contributed by atoms with van der Waals surface area (Å²) in [7, 11) is 1.79. The predicted octanol–water partition coefficient (Wildman–Crippen LogP) is 2.91. The van der Waals surface area contributed by atoms with E-state index in [1.807, 2.05) is 0 Å². The smallest absolute Gasteiger partial charge is 0.355 e. The topological polar surface area (TPSA) is 40.5 Å². The molecule has 0 radical (unpaired) electrons. The van der Waals surface area contributed by atoms with Crippen LogP contribution in [-0.4, -0.2) is 23.8 Å². The molecule has 2 rings (SSSR count). The molecule has 0 amide bonds. The van der Waals surface area contributed by atoms with E-state index in [2.05, 4.69) is 0 Å². The van der Waals surface area contributed by atoms with E-state index in [1.165, 1.54) is 0 Å². The number of esters is 1. The zero-order chi connectivity index (χ0) is 13.7. The molecular weight excluding hydrogens is 266 g/mol. The molecule has 2 aromatic rings. The van der Waals surface area contributed by atoms with Gasteiger partial charge in [0.15, 0.2) is 0 Å². The van der Waals surface area contributed by atoms with Gasteiger partial charge in [0.05, 0.1) is 0 Å². The number of aryl methyl sites for hydroxylation is 1. The van der Waals surface area contributed by atoms with E-state index in [9.17, 15) is 4.79 Å². The normalized spacial score (nSPS) is 10.2. The molecule has 0 aliphatic rings. The Kier molecular flexibility index (Phi) is 4.47. The zero-order valence-corrected chi connectivity index (χ0v) is 11.3. The largest absolute Gasteiger partial charge is 0.490 e. The molecule has 1 aromatic heterocycles. The number of carbonyl (C=O) groups excluding carboxylic acids is 1. The molecule has 5 heteroatoms. The maximum absolute atomic E-state index is 11.7. The van der Waals surface area contributed by atoms with Gasteiger partial charge in [-0.15, -0.1) is 0 Å².